The van der Waals surface area contributed by atoms with Crippen LogP contribution in [0, 0.1) is 25.6 Å². The third-order valence-corrected chi connectivity index (χ3v) is 7.38. The van der Waals surface area contributed by atoms with Crippen molar-refractivity contribution in [3.8, 4) is 0 Å². The Morgan fingerprint density at radius 3 is 2.37 bits per heavy atom. The zero-order valence-electron chi connectivity index (χ0n) is 17.9. The smallest absolute Gasteiger partial charge is 0.246 e. The van der Waals surface area contributed by atoms with Gasteiger partial charge in [-0.2, -0.15) is 9.40 Å². The summed E-state index contributed by atoms with van der Waals surface area (Å²) < 4.78 is 42.6. The average molecular weight is 437 g/mol. The molecule has 0 saturated carbocycles. The van der Waals surface area contributed by atoms with E-state index >= 15 is 0 Å². The highest BCUT2D eigenvalue weighted by Crippen LogP contribution is 2.21. The predicted octanol–water partition coefficient (Wildman–Crippen LogP) is 2.37. The van der Waals surface area contributed by atoms with Crippen molar-refractivity contribution in [2.45, 2.75) is 45.6 Å². The Morgan fingerprint density at radius 1 is 1.13 bits per heavy atom. The first-order chi connectivity index (χ1) is 14.1. The molecule has 0 unspecified atom stereocenters. The number of rotatable bonds is 6. The van der Waals surface area contributed by atoms with E-state index in [1.54, 1.807) is 4.90 Å². The van der Waals surface area contributed by atoms with Crippen LogP contribution < -0.4 is 0 Å². The second-order valence-electron chi connectivity index (χ2n) is 8.12. The van der Waals surface area contributed by atoms with Gasteiger partial charge in [-0.3, -0.25) is 9.48 Å². The lowest BCUT2D eigenvalue weighted by Gasteiger charge is -2.34. The Morgan fingerprint density at radius 2 is 1.77 bits per heavy atom. The molecule has 9 heteroatoms. The third kappa shape index (κ3) is 4.57. The van der Waals surface area contributed by atoms with Gasteiger partial charge in [0.25, 0.3) is 0 Å². The van der Waals surface area contributed by atoms with Gasteiger partial charge in [0.1, 0.15) is 10.7 Å². The van der Waals surface area contributed by atoms with Crippen molar-refractivity contribution in [1.82, 2.24) is 19.0 Å². The van der Waals surface area contributed by atoms with E-state index in [-0.39, 0.29) is 43.4 Å². The van der Waals surface area contributed by atoms with Gasteiger partial charge < -0.3 is 4.90 Å². The molecule has 1 amide bonds. The van der Waals surface area contributed by atoms with E-state index in [1.165, 1.54) is 22.5 Å². The number of carbonyl (C=O) groups excluding carboxylic acids is 1. The molecule has 3 rings (SSSR count). The molecule has 7 nitrogen and oxygen atoms in total. The normalized spacial score (nSPS) is 15.7. The van der Waals surface area contributed by atoms with Crippen molar-refractivity contribution in [3.63, 3.8) is 0 Å². The number of hydrogen-bond acceptors (Lipinski definition) is 4. The van der Waals surface area contributed by atoms with Crippen molar-refractivity contribution in [2.24, 2.45) is 5.92 Å². The molecule has 1 aromatic heterocycles. The Balaban J connectivity index is 1.65. The number of hydrogen-bond donors (Lipinski definition) is 0. The fraction of sp³-hybridized carbons (Fsp3) is 0.524. The van der Waals surface area contributed by atoms with Crippen LogP contribution in [0.4, 0.5) is 4.39 Å². The molecule has 0 bridgehead atoms. The van der Waals surface area contributed by atoms with Crippen molar-refractivity contribution < 1.29 is 17.6 Å². The first kappa shape index (κ1) is 22.4. The van der Waals surface area contributed by atoms with E-state index in [2.05, 4.69) is 18.9 Å². The number of aromatic nitrogens is 2. The summed E-state index contributed by atoms with van der Waals surface area (Å²) >= 11 is 0. The molecule has 164 valence electrons. The molecule has 30 heavy (non-hydrogen) atoms. The van der Waals surface area contributed by atoms with Gasteiger partial charge >= 0.3 is 0 Å². The van der Waals surface area contributed by atoms with E-state index < -0.39 is 15.8 Å². The first-order valence-electron chi connectivity index (χ1n) is 10.2. The highest BCUT2D eigenvalue weighted by molar-refractivity contribution is 7.89. The van der Waals surface area contributed by atoms with Gasteiger partial charge in [-0.25, -0.2) is 12.8 Å². The largest absolute Gasteiger partial charge is 0.340 e. The van der Waals surface area contributed by atoms with Gasteiger partial charge in [0.2, 0.25) is 15.9 Å². The molecule has 0 N–H and O–H groups in total. The maximum Gasteiger partial charge on any atom is 0.246 e. The molecule has 0 radical (unpaired) electrons. The van der Waals surface area contributed by atoms with Crippen LogP contribution in [0.5, 0.6) is 0 Å². The number of halogens is 1. The minimum atomic E-state index is -3.92. The topological polar surface area (TPSA) is 75.5 Å². The molecule has 0 atom stereocenters. The van der Waals surface area contributed by atoms with E-state index in [4.69, 9.17) is 0 Å². The number of sulfonamides is 1. The summed E-state index contributed by atoms with van der Waals surface area (Å²) in [5.41, 5.74) is 2.78. The number of benzene rings is 1. The summed E-state index contributed by atoms with van der Waals surface area (Å²) in [5, 5.41) is 4.56. The van der Waals surface area contributed by atoms with Gasteiger partial charge in [-0.1, -0.05) is 26.0 Å². The Bertz CT molecular complexity index is 1020. The summed E-state index contributed by atoms with van der Waals surface area (Å²) in [6.45, 7) is 9.78. The molecule has 1 saturated heterocycles. The third-order valence-electron chi connectivity index (χ3n) is 5.44. The number of aryl methyl sites for hydroxylation is 1. The average Bonchev–Trinajstić information content (AvgIpc) is 2.95. The molecule has 0 aliphatic carbocycles. The summed E-state index contributed by atoms with van der Waals surface area (Å²) in [5.74, 6) is -0.357. The van der Waals surface area contributed by atoms with Crippen molar-refractivity contribution >= 4 is 15.9 Å². The zero-order valence-corrected chi connectivity index (χ0v) is 18.7. The molecule has 2 aromatic rings. The monoisotopic (exact) mass is 436 g/mol. The second-order valence-corrected chi connectivity index (χ2v) is 10.0. The number of carbonyl (C=O) groups is 1. The van der Waals surface area contributed by atoms with Crippen LogP contribution in [0.2, 0.25) is 0 Å². The van der Waals surface area contributed by atoms with Gasteiger partial charge in [-0.15, -0.1) is 0 Å². The van der Waals surface area contributed by atoms with E-state index in [0.29, 0.717) is 5.92 Å². The number of nitrogens with zero attached hydrogens (tertiary/aromatic N) is 4. The molecule has 0 spiro atoms. The van der Waals surface area contributed by atoms with Crippen LogP contribution in [-0.4, -0.2) is 59.5 Å². The fourth-order valence-corrected chi connectivity index (χ4v) is 5.23. The first-order valence-corrected chi connectivity index (χ1v) is 11.6. The summed E-state index contributed by atoms with van der Waals surface area (Å²) in [4.78, 5) is 14.2. The lowest BCUT2D eigenvalue weighted by atomic mass is 10.1. The Kier molecular flexibility index (Phi) is 6.62. The van der Waals surface area contributed by atoms with Gasteiger partial charge in [-0.05, 0) is 31.9 Å². The lowest BCUT2D eigenvalue weighted by Crippen LogP contribution is -2.51. The quantitative estimate of drug-likeness (QED) is 0.697. The van der Waals surface area contributed by atoms with E-state index in [1.807, 2.05) is 18.5 Å². The summed E-state index contributed by atoms with van der Waals surface area (Å²) in [6, 6.07) is 5.36. The van der Waals surface area contributed by atoms with Crippen LogP contribution in [0.3, 0.4) is 0 Å². The highest BCUT2D eigenvalue weighted by atomic mass is 32.2. The van der Waals surface area contributed by atoms with Crippen LogP contribution >= 0.6 is 0 Å². The molecule has 2 heterocycles. The number of piperazine rings is 1. The van der Waals surface area contributed by atoms with Crippen molar-refractivity contribution in [2.75, 3.05) is 26.2 Å². The molecular formula is C21H29FN4O3S. The summed E-state index contributed by atoms with van der Waals surface area (Å²) in [7, 11) is -3.92. The lowest BCUT2D eigenvalue weighted by molar-refractivity contribution is -0.131. The van der Waals surface area contributed by atoms with Gasteiger partial charge in [0.15, 0.2) is 0 Å². The fourth-order valence-electron chi connectivity index (χ4n) is 3.75. The molecular weight excluding hydrogens is 407 g/mol. The standard InChI is InChI=1S/C21H29FN4O3S/c1-15(2)14-26-17(4)18(16(3)23-26)13-21(27)24-9-11-25(12-10-24)30(28,29)20-8-6-5-7-19(20)22/h5-8,15H,9-14H2,1-4H3. The Hall–Kier alpha value is -2.26. The summed E-state index contributed by atoms with van der Waals surface area (Å²) in [6.07, 6.45) is 0.246. The molecule has 1 aliphatic heterocycles. The van der Waals surface area contributed by atoms with Crippen LogP contribution in [0.1, 0.15) is 30.8 Å². The second kappa shape index (κ2) is 8.85. The SMILES string of the molecule is Cc1nn(CC(C)C)c(C)c1CC(=O)N1CCN(S(=O)(=O)c2ccccc2F)CC1. The minimum absolute atomic E-state index is 0.0479. The van der Waals surface area contributed by atoms with Crippen molar-refractivity contribution in [1.29, 1.82) is 0 Å². The van der Waals surface area contributed by atoms with Crippen molar-refractivity contribution in [3.05, 3.63) is 47.0 Å². The molecule has 1 aromatic carbocycles. The maximum atomic E-state index is 14.0. The molecule has 1 fully saturated rings. The van der Waals surface area contributed by atoms with Gasteiger partial charge in [0, 0.05) is 44.0 Å². The minimum Gasteiger partial charge on any atom is -0.340 e. The molecule has 1 aliphatic rings. The van der Waals surface area contributed by atoms with Gasteiger partial charge in [0.05, 0.1) is 12.1 Å². The van der Waals surface area contributed by atoms with Crippen LogP contribution in [-0.2, 0) is 27.8 Å². The maximum absolute atomic E-state index is 14.0. The predicted molar refractivity (Wildman–Crippen MR) is 112 cm³/mol. The van der Waals surface area contributed by atoms with E-state index in [9.17, 15) is 17.6 Å². The van der Waals surface area contributed by atoms with Crippen LogP contribution in [0.15, 0.2) is 29.2 Å². The highest BCUT2D eigenvalue weighted by Gasteiger charge is 2.32. The van der Waals surface area contributed by atoms with Crippen LogP contribution in [0.25, 0.3) is 0 Å². The number of amides is 1. The Labute approximate surface area is 177 Å². The van der Waals surface area contributed by atoms with E-state index in [0.717, 1.165) is 29.6 Å². The zero-order chi connectivity index (χ0) is 22.1.